The minimum atomic E-state index is 0.289. The lowest BCUT2D eigenvalue weighted by molar-refractivity contribution is 0.303. The monoisotopic (exact) mass is 282 g/mol. The molecule has 112 valence electrons. The van der Waals surface area contributed by atoms with Gasteiger partial charge in [0.2, 0.25) is 0 Å². The summed E-state index contributed by atoms with van der Waals surface area (Å²) in [5.41, 5.74) is 1.70. The summed E-state index contributed by atoms with van der Waals surface area (Å²) >= 11 is 0. The van der Waals surface area contributed by atoms with Crippen molar-refractivity contribution in [1.29, 1.82) is 0 Å². The second-order valence-electron chi connectivity index (χ2n) is 6.69. The van der Waals surface area contributed by atoms with Gasteiger partial charge in [-0.05, 0) is 47.6 Å². The lowest BCUT2D eigenvalue weighted by Crippen LogP contribution is -2.18. The first-order chi connectivity index (χ1) is 10.0. The summed E-state index contributed by atoms with van der Waals surface area (Å²) in [4.78, 5) is 0. The molecule has 0 aliphatic heterocycles. The fraction of sp³-hybridized carbons (Fsp3) is 0.400. The van der Waals surface area contributed by atoms with Crippen LogP contribution in [0.25, 0.3) is 0 Å². The van der Waals surface area contributed by atoms with Crippen LogP contribution >= 0.6 is 0 Å². The molecule has 0 amide bonds. The van der Waals surface area contributed by atoms with Crippen LogP contribution in [-0.4, -0.2) is 0 Å². The van der Waals surface area contributed by atoms with Crippen LogP contribution in [0.5, 0.6) is 11.5 Å². The molecule has 2 aromatic rings. The Morgan fingerprint density at radius 3 is 1.95 bits per heavy atom. The molecule has 0 N–H and O–H groups in total. The molecule has 0 aliphatic carbocycles. The molecule has 0 spiro atoms. The van der Waals surface area contributed by atoms with E-state index in [2.05, 4.69) is 52.0 Å². The Kier molecular flexibility index (Phi) is 5.06. The van der Waals surface area contributed by atoms with Gasteiger partial charge in [-0.3, -0.25) is 0 Å². The van der Waals surface area contributed by atoms with Gasteiger partial charge < -0.3 is 4.74 Å². The van der Waals surface area contributed by atoms with Crippen molar-refractivity contribution < 1.29 is 4.74 Å². The highest BCUT2D eigenvalue weighted by Gasteiger charge is 2.25. The van der Waals surface area contributed by atoms with E-state index in [1.165, 1.54) is 18.4 Å². The maximum Gasteiger partial charge on any atom is 0.127 e. The van der Waals surface area contributed by atoms with Crippen molar-refractivity contribution >= 4 is 0 Å². The summed E-state index contributed by atoms with van der Waals surface area (Å²) in [6, 6.07) is 18.5. The van der Waals surface area contributed by atoms with E-state index in [-0.39, 0.29) is 5.41 Å². The van der Waals surface area contributed by atoms with Gasteiger partial charge in [0, 0.05) is 0 Å². The summed E-state index contributed by atoms with van der Waals surface area (Å²) in [6.45, 7) is 9.22. The first kappa shape index (κ1) is 15.6. The van der Waals surface area contributed by atoms with E-state index in [9.17, 15) is 0 Å². The maximum absolute atomic E-state index is 5.86. The van der Waals surface area contributed by atoms with Crippen LogP contribution in [-0.2, 0) is 0 Å². The maximum atomic E-state index is 5.86. The molecule has 1 atom stereocenters. The van der Waals surface area contributed by atoms with Crippen molar-refractivity contribution in [3.63, 3.8) is 0 Å². The number of benzene rings is 2. The van der Waals surface area contributed by atoms with Crippen molar-refractivity contribution in [2.45, 2.75) is 46.5 Å². The Bertz CT molecular complexity index is 534. The fourth-order valence-electron chi connectivity index (χ4n) is 2.78. The van der Waals surface area contributed by atoms with Gasteiger partial charge in [-0.2, -0.15) is 0 Å². The molecular formula is C20H26O. The molecule has 2 aromatic carbocycles. The first-order valence-corrected chi connectivity index (χ1v) is 7.83. The molecule has 0 saturated carbocycles. The Hall–Kier alpha value is -1.76. The minimum absolute atomic E-state index is 0.289. The molecule has 0 saturated heterocycles. The van der Waals surface area contributed by atoms with Gasteiger partial charge in [0.25, 0.3) is 0 Å². The van der Waals surface area contributed by atoms with Gasteiger partial charge in [-0.1, -0.05) is 64.4 Å². The largest absolute Gasteiger partial charge is 0.457 e. The topological polar surface area (TPSA) is 9.23 Å². The number of ether oxygens (including phenoxy) is 1. The quantitative estimate of drug-likeness (QED) is 0.615. The van der Waals surface area contributed by atoms with Crippen LogP contribution in [0.2, 0.25) is 0 Å². The third kappa shape index (κ3) is 4.35. The standard InChI is InChI=1S/C20H26O/c1-5-9-19(20(2,3)4)16-12-14-18(15-13-16)21-17-10-7-6-8-11-17/h6-8,10-15,19H,5,9H2,1-4H3. The van der Waals surface area contributed by atoms with E-state index >= 15 is 0 Å². The van der Waals surface area contributed by atoms with Gasteiger partial charge in [-0.25, -0.2) is 0 Å². The van der Waals surface area contributed by atoms with Crippen LogP contribution in [0, 0.1) is 5.41 Å². The number of hydrogen-bond acceptors (Lipinski definition) is 1. The van der Waals surface area contributed by atoms with Crippen LogP contribution in [0.3, 0.4) is 0 Å². The highest BCUT2D eigenvalue weighted by atomic mass is 16.5. The number of hydrogen-bond donors (Lipinski definition) is 0. The molecular weight excluding hydrogens is 256 g/mol. The smallest absolute Gasteiger partial charge is 0.127 e. The Morgan fingerprint density at radius 2 is 1.43 bits per heavy atom. The summed E-state index contributed by atoms with van der Waals surface area (Å²) in [7, 11) is 0. The highest BCUT2D eigenvalue weighted by Crippen LogP contribution is 2.39. The van der Waals surface area contributed by atoms with Crippen LogP contribution < -0.4 is 4.74 Å². The molecule has 2 rings (SSSR count). The molecule has 0 bridgehead atoms. The SMILES string of the molecule is CCCC(c1ccc(Oc2ccccc2)cc1)C(C)(C)C. The minimum Gasteiger partial charge on any atom is -0.457 e. The predicted molar refractivity (Wildman–Crippen MR) is 90.1 cm³/mol. The summed E-state index contributed by atoms with van der Waals surface area (Å²) in [6.07, 6.45) is 2.44. The van der Waals surface area contributed by atoms with Crippen LogP contribution in [0.15, 0.2) is 54.6 Å². The van der Waals surface area contributed by atoms with Crippen LogP contribution in [0.4, 0.5) is 0 Å². The Morgan fingerprint density at radius 1 is 0.857 bits per heavy atom. The predicted octanol–water partition coefficient (Wildman–Crippen LogP) is 6.41. The Labute approximate surface area is 129 Å². The fourth-order valence-corrected chi connectivity index (χ4v) is 2.78. The summed E-state index contributed by atoms with van der Waals surface area (Å²) in [5.74, 6) is 2.37. The zero-order chi connectivity index (χ0) is 15.3. The zero-order valence-corrected chi connectivity index (χ0v) is 13.6. The average molecular weight is 282 g/mol. The van der Waals surface area contributed by atoms with E-state index in [4.69, 9.17) is 4.74 Å². The second-order valence-corrected chi connectivity index (χ2v) is 6.69. The van der Waals surface area contributed by atoms with Crippen molar-refractivity contribution in [2.24, 2.45) is 5.41 Å². The van der Waals surface area contributed by atoms with E-state index in [1.807, 2.05) is 30.3 Å². The molecule has 0 radical (unpaired) electrons. The lowest BCUT2D eigenvalue weighted by Gasteiger charge is -2.31. The van der Waals surface area contributed by atoms with Crippen molar-refractivity contribution in [3.8, 4) is 11.5 Å². The number of para-hydroxylation sites is 1. The van der Waals surface area contributed by atoms with Gasteiger partial charge in [0.05, 0.1) is 0 Å². The highest BCUT2D eigenvalue weighted by molar-refractivity contribution is 5.34. The molecule has 1 nitrogen and oxygen atoms in total. The third-order valence-corrected chi connectivity index (χ3v) is 3.88. The number of rotatable bonds is 5. The van der Waals surface area contributed by atoms with Crippen molar-refractivity contribution in [2.75, 3.05) is 0 Å². The first-order valence-electron chi connectivity index (χ1n) is 7.83. The molecule has 0 aromatic heterocycles. The van der Waals surface area contributed by atoms with Gasteiger partial charge in [-0.15, -0.1) is 0 Å². The third-order valence-electron chi connectivity index (χ3n) is 3.88. The van der Waals surface area contributed by atoms with Crippen molar-refractivity contribution in [1.82, 2.24) is 0 Å². The normalized spacial score (nSPS) is 13.0. The van der Waals surface area contributed by atoms with Gasteiger partial charge in [0.1, 0.15) is 11.5 Å². The van der Waals surface area contributed by atoms with E-state index < -0.39 is 0 Å². The van der Waals surface area contributed by atoms with E-state index in [1.54, 1.807) is 0 Å². The average Bonchev–Trinajstić information content (AvgIpc) is 2.46. The molecule has 1 heteroatoms. The molecule has 0 aliphatic rings. The summed E-state index contributed by atoms with van der Waals surface area (Å²) < 4.78 is 5.86. The summed E-state index contributed by atoms with van der Waals surface area (Å²) in [5, 5.41) is 0. The molecule has 1 unspecified atom stereocenters. The van der Waals surface area contributed by atoms with Crippen LogP contribution in [0.1, 0.15) is 52.0 Å². The molecule has 0 fully saturated rings. The second kappa shape index (κ2) is 6.80. The lowest BCUT2D eigenvalue weighted by atomic mass is 9.74. The zero-order valence-electron chi connectivity index (χ0n) is 13.6. The molecule has 21 heavy (non-hydrogen) atoms. The van der Waals surface area contributed by atoms with Crippen molar-refractivity contribution in [3.05, 3.63) is 60.2 Å². The van der Waals surface area contributed by atoms with E-state index in [0.29, 0.717) is 5.92 Å². The van der Waals surface area contributed by atoms with Gasteiger partial charge in [0.15, 0.2) is 0 Å². The van der Waals surface area contributed by atoms with Gasteiger partial charge >= 0.3 is 0 Å². The van der Waals surface area contributed by atoms with E-state index in [0.717, 1.165) is 11.5 Å². The Balaban J connectivity index is 2.14. The molecule has 0 heterocycles.